The van der Waals surface area contributed by atoms with Gasteiger partial charge in [0.25, 0.3) is 5.56 Å². The van der Waals surface area contributed by atoms with Gasteiger partial charge in [0.2, 0.25) is 0 Å². The molecule has 1 aliphatic heterocycles. The summed E-state index contributed by atoms with van der Waals surface area (Å²) in [5, 5.41) is 7.49. The van der Waals surface area contributed by atoms with Crippen LogP contribution in [0.15, 0.2) is 52.5 Å². The van der Waals surface area contributed by atoms with Crippen molar-refractivity contribution < 1.29 is 4.63 Å². The van der Waals surface area contributed by atoms with Gasteiger partial charge in [-0.05, 0) is 44.0 Å². The molecule has 0 bridgehead atoms. The smallest absolute Gasteiger partial charge is 0.253 e. The van der Waals surface area contributed by atoms with E-state index in [1.165, 1.54) is 0 Å². The molecule has 0 aromatic carbocycles. The van der Waals surface area contributed by atoms with Crippen molar-refractivity contribution in [1.82, 2.24) is 29.7 Å². The van der Waals surface area contributed by atoms with Crippen molar-refractivity contribution in [3.63, 3.8) is 0 Å². The Morgan fingerprint density at radius 3 is 2.69 bits per heavy atom. The van der Waals surface area contributed by atoms with Crippen LogP contribution in [0.3, 0.4) is 0 Å². The highest BCUT2D eigenvalue weighted by Gasteiger charge is 2.21. The van der Waals surface area contributed by atoms with Crippen molar-refractivity contribution >= 4 is 0 Å². The van der Waals surface area contributed by atoms with Crippen LogP contribution in [0.1, 0.15) is 18.5 Å². The van der Waals surface area contributed by atoms with Gasteiger partial charge in [0.1, 0.15) is 5.69 Å². The number of likely N-dealkylation sites (tertiary alicyclic amines) is 1. The molecule has 1 fully saturated rings. The van der Waals surface area contributed by atoms with E-state index in [-0.39, 0.29) is 5.56 Å². The van der Waals surface area contributed by atoms with Crippen molar-refractivity contribution in [1.29, 1.82) is 0 Å². The largest absolute Gasteiger partial charge is 0.299 e. The molecule has 0 N–H and O–H groups in total. The predicted octanol–water partition coefficient (Wildman–Crippen LogP) is 1.60. The predicted molar refractivity (Wildman–Crippen MR) is 94.0 cm³/mol. The minimum absolute atomic E-state index is 0.0112. The van der Waals surface area contributed by atoms with Crippen LogP contribution < -0.4 is 5.56 Å². The lowest BCUT2D eigenvalue weighted by molar-refractivity contribution is 0.162. The minimum Gasteiger partial charge on any atom is -0.299 e. The first-order valence-corrected chi connectivity index (χ1v) is 8.73. The molecule has 0 aliphatic carbocycles. The SMILES string of the molecule is O=c1cc(-c2ccncc2)ncn1CC1CCN(Cc2cnon2)CC1. The van der Waals surface area contributed by atoms with E-state index in [9.17, 15) is 4.79 Å². The summed E-state index contributed by atoms with van der Waals surface area (Å²) in [7, 11) is 0. The molecule has 4 heterocycles. The molecule has 3 aromatic heterocycles. The van der Waals surface area contributed by atoms with Crippen LogP contribution in [0.5, 0.6) is 0 Å². The van der Waals surface area contributed by atoms with Crippen molar-refractivity contribution in [2.45, 2.75) is 25.9 Å². The molecule has 1 saturated heterocycles. The van der Waals surface area contributed by atoms with E-state index < -0.39 is 0 Å². The summed E-state index contributed by atoms with van der Waals surface area (Å²) in [6.45, 7) is 3.43. The summed E-state index contributed by atoms with van der Waals surface area (Å²) >= 11 is 0. The third-order valence-corrected chi connectivity index (χ3v) is 4.81. The fourth-order valence-electron chi connectivity index (χ4n) is 3.33. The molecule has 26 heavy (non-hydrogen) atoms. The van der Waals surface area contributed by atoms with Gasteiger partial charge in [-0.1, -0.05) is 10.3 Å². The third-order valence-electron chi connectivity index (χ3n) is 4.81. The Labute approximate surface area is 150 Å². The van der Waals surface area contributed by atoms with E-state index in [0.29, 0.717) is 18.2 Å². The van der Waals surface area contributed by atoms with Crippen LogP contribution in [0.2, 0.25) is 0 Å². The number of nitrogens with zero attached hydrogens (tertiary/aromatic N) is 6. The van der Waals surface area contributed by atoms with E-state index in [0.717, 1.165) is 43.7 Å². The number of hydrogen-bond donors (Lipinski definition) is 0. The number of pyridine rings is 1. The summed E-state index contributed by atoms with van der Waals surface area (Å²) in [4.78, 5) is 23.2. The van der Waals surface area contributed by atoms with Crippen molar-refractivity contribution in [3.05, 3.63) is 59.2 Å². The molecule has 0 unspecified atom stereocenters. The Kier molecular flexibility index (Phi) is 4.83. The molecule has 1 aliphatic rings. The molecule has 3 aromatic rings. The summed E-state index contributed by atoms with van der Waals surface area (Å²) in [5.74, 6) is 0.480. The van der Waals surface area contributed by atoms with Gasteiger partial charge in [0.05, 0.1) is 18.2 Å². The zero-order chi connectivity index (χ0) is 17.8. The molecule has 8 nitrogen and oxygen atoms in total. The van der Waals surface area contributed by atoms with E-state index in [1.807, 2.05) is 12.1 Å². The molecule has 8 heteroatoms. The van der Waals surface area contributed by atoms with Crippen LogP contribution >= 0.6 is 0 Å². The normalized spacial score (nSPS) is 16.0. The number of rotatable bonds is 5. The molecular weight excluding hydrogens is 332 g/mol. The van der Waals surface area contributed by atoms with Gasteiger partial charge in [0.15, 0.2) is 0 Å². The van der Waals surface area contributed by atoms with Crippen LogP contribution in [-0.2, 0) is 13.1 Å². The summed E-state index contributed by atoms with van der Waals surface area (Å²) < 4.78 is 6.35. The van der Waals surface area contributed by atoms with Crippen LogP contribution in [0.25, 0.3) is 11.3 Å². The highest BCUT2D eigenvalue weighted by molar-refractivity contribution is 5.57. The Balaban J connectivity index is 1.35. The Bertz CT molecular complexity index is 886. The fraction of sp³-hybridized carbons (Fsp3) is 0.389. The molecule has 0 amide bonds. The standard InChI is InChI=1S/C18H20N6O2/c25-18-9-17(15-1-5-19-6-2-15)20-13-24(18)11-14-3-7-23(8-4-14)12-16-10-21-26-22-16/h1-2,5-6,9-10,13-14H,3-4,7-8,11-12H2. The van der Waals surface area contributed by atoms with E-state index in [1.54, 1.807) is 35.6 Å². The molecule has 134 valence electrons. The van der Waals surface area contributed by atoms with Gasteiger partial charge in [0, 0.05) is 37.1 Å². The highest BCUT2D eigenvalue weighted by Crippen LogP contribution is 2.20. The molecule has 4 rings (SSSR count). The maximum Gasteiger partial charge on any atom is 0.253 e. The Morgan fingerprint density at radius 1 is 1.19 bits per heavy atom. The lowest BCUT2D eigenvalue weighted by Crippen LogP contribution is -2.36. The zero-order valence-corrected chi connectivity index (χ0v) is 14.4. The number of piperidine rings is 1. The highest BCUT2D eigenvalue weighted by atomic mass is 16.6. The lowest BCUT2D eigenvalue weighted by atomic mass is 9.96. The summed E-state index contributed by atoms with van der Waals surface area (Å²) in [6.07, 6.45) is 8.80. The van der Waals surface area contributed by atoms with E-state index >= 15 is 0 Å². The van der Waals surface area contributed by atoms with Crippen molar-refractivity contribution in [2.75, 3.05) is 13.1 Å². The lowest BCUT2D eigenvalue weighted by Gasteiger charge is -2.31. The first-order chi connectivity index (χ1) is 12.8. The minimum atomic E-state index is -0.0112. The Morgan fingerprint density at radius 2 is 2.00 bits per heavy atom. The summed E-state index contributed by atoms with van der Waals surface area (Å²) in [5.41, 5.74) is 2.43. The van der Waals surface area contributed by atoms with Crippen LogP contribution in [0, 0.1) is 5.92 Å². The number of hydrogen-bond acceptors (Lipinski definition) is 7. The van der Waals surface area contributed by atoms with E-state index in [2.05, 4.69) is 29.8 Å². The molecule has 0 saturated carbocycles. The van der Waals surface area contributed by atoms with Gasteiger partial charge in [-0.2, -0.15) is 0 Å². The average molecular weight is 352 g/mol. The maximum atomic E-state index is 12.4. The number of aromatic nitrogens is 5. The molecular formula is C18H20N6O2. The van der Waals surface area contributed by atoms with Crippen molar-refractivity contribution in [2.24, 2.45) is 5.92 Å². The second kappa shape index (κ2) is 7.57. The first-order valence-electron chi connectivity index (χ1n) is 8.73. The second-order valence-corrected chi connectivity index (χ2v) is 6.62. The molecule has 0 atom stereocenters. The van der Waals surface area contributed by atoms with E-state index in [4.69, 9.17) is 0 Å². The quantitative estimate of drug-likeness (QED) is 0.689. The van der Waals surface area contributed by atoms with Crippen molar-refractivity contribution in [3.8, 4) is 11.3 Å². The molecule has 0 radical (unpaired) electrons. The first kappa shape index (κ1) is 16.6. The third kappa shape index (κ3) is 3.85. The zero-order valence-electron chi connectivity index (χ0n) is 14.4. The fourth-order valence-corrected chi connectivity index (χ4v) is 3.33. The van der Waals surface area contributed by atoms with Crippen LogP contribution in [0.4, 0.5) is 0 Å². The van der Waals surface area contributed by atoms with Gasteiger partial charge in [-0.25, -0.2) is 9.61 Å². The topological polar surface area (TPSA) is 89.9 Å². The molecule has 0 spiro atoms. The average Bonchev–Trinajstić information content (AvgIpc) is 3.19. The second-order valence-electron chi connectivity index (χ2n) is 6.62. The van der Waals surface area contributed by atoms with Gasteiger partial charge in [-0.3, -0.25) is 19.2 Å². The van der Waals surface area contributed by atoms with Gasteiger partial charge in [-0.15, -0.1) is 0 Å². The Hall–Kier alpha value is -2.87. The van der Waals surface area contributed by atoms with Gasteiger partial charge < -0.3 is 0 Å². The summed E-state index contributed by atoms with van der Waals surface area (Å²) in [6, 6.07) is 5.31. The monoisotopic (exact) mass is 352 g/mol. The van der Waals surface area contributed by atoms with Gasteiger partial charge >= 0.3 is 0 Å². The van der Waals surface area contributed by atoms with Crippen LogP contribution in [-0.4, -0.2) is 42.8 Å². The maximum absolute atomic E-state index is 12.4.